The zero-order valence-corrected chi connectivity index (χ0v) is 12.4. The van der Waals surface area contributed by atoms with Crippen molar-refractivity contribution in [3.05, 3.63) is 28.8 Å². The van der Waals surface area contributed by atoms with E-state index in [4.69, 9.17) is 21.4 Å². The van der Waals surface area contributed by atoms with Crippen LogP contribution in [0.15, 0.2) is 18.2 Å². The van der Waals surface area contributed by atoms with E-state index in [-0.39, 0.29) is 23.3 Å². The molecule has 1 saturated heterocycles. The molecule has 1 aliphatic heterocycles. The maximum absolute atomic E-state index is 11.9. The van der Waals surface area contributed by atoms with Gasteiger partial charge in [0.1, 0.15) is 0 Å². The Morgan fingerprint density at radius 1 is 1.38 bits per heavy atom. The summed E-state index contributed by atoms with van der Waals surface area (Å²) in [6.07, 6.45) is 4.26. The molecule has 0 aliphatic carbocycles. The summed E-state index contributed by atoms with van der Waals surface area (Å²) < 4.78 is 5.56. The van der Waals surface area contributed by atoms with Crippen LogP contribution in [-0.4, -0.2) is 29.7 Å². The summed E-state index contributed by atoms with van der Waals surface area (Å²) >= 11 is 5.84. The van der Waals surface area contributed by atoms with Gasteiger partial charge in [-0.1, -0.05) is 11.6 Å². The van der Waals surface area contributed by atoms with Crippen LogP contribution >= 0.6 is 11.6 Å². The summed E-state index contributed by atoms with van der Waals surface area (Å²) in [5.41, 5.74) is 0.256. The summed E-state index contributed by atoms with van der Waals surface area (Å²) in [4.78, 5) is 23.0. The average molecular weight is 312 g/mol. The molecule has 0 saturated carbocycles. The number of anilines is 1. The molecule has 114 valence electrons. The zero-order chi connectivity index (χ0) is 15.2. The molecule has 1 unspecified atom stereocenters. The molecule has 0 aromatic heterocycles. The molecule has 1 amide bonds. The number of carboxylic acids is 1. The monoisotopic (exact) mass is 311 g/mol. The fourth-order valence-electron chi connectivity index (χ4n) is 2.35. The molecule has 21 heavy (non-hydrogen) atoms. The lowest BCUT2D eigenvalue weighted by Crippen LogP contribution is -2.22. The number of carboxylic acid groups (broad SMARTS) is 1. The van der Waals surface area contributed by atoms with E-state index >= 15 is 0 Å². The molecule has 1 heterocycles. The minimum atomic E-state index is -1.10. The molecule has 0 spiro atoms. The lowest BCUT2D eigenvalue weighted by Gasteiger charge is -2.22. The van der Waals surface area contributed by atoms with Crippen LogP contribution in [0.25, 0.3) is 0 Å². The number of hydrogen-bond acceptors (Lipinski definition) is 3. The standard InChI is InChI=1S/C15H18ClNO4/c16-10-4-6-12(15(19)20)13(9-10)17-14(18)7-5-11-3-1-2-8-21-11/h4,6,9,11H,1-3,5,7-8H2,(H,17,18)(H,19,20). The highest BCUT2D eigenvalue weighted by atomic mass is 35.5. The van der Waals surface area contributed by atoms with Crippen LogP contribution in [0, 0.1) is 0 Å². The minimum absolute atomic E-state index is 0.0293. The Kier molecular flexibility index (Phi) is 5.59. The van der Waals surface area contributed by atoms with E-state index in [0.717, 1.165) is 25.9 Å². The highest BCUT2D eigenvalue weighted by Gasteiger charge is 2.17. The van der Waals surface area contributed by atoms with Crippen LogP contribution in [0.5, 0.6) is 0 Å². The van der Waals surface area contributed by atoms with Gasteiger partial charge in [-0.25, -0.2) is 4.79 Å². The van der Waals surface area contributed by atoms with Crippen LogP contribution in [0.2, 0.25) is 5.02 Å². The Morgan fingerprint density at radius 3 is 2.86 bits per heavy atom. The van der Waals surface area contributed by atoms with Crippen molar-refractivity contribution in [2.24, 2.45) is 0 Å². The fourth-order valence-corrected chi connectivity index (χ4v) is 2.52. The van der Waals surface area contributed by atoms with Crippen LogP contribution in [0.4, 0.5) is 5.69 Å². The van der Waals surface area contributed by atoms with Crippen LogP contribution in [-0.2, 0) is 9.53 Å². The maximum Gasteiger partial charge on any atom is 0.337 e. The molecule has 1 aromatic carbocycles. The number of carbonyl (C=O) groups excluding carboxylic acids is 1. The lowest BCUT2D eigenvalue weighted by molar-refractivity contribution is -0.117. The van der Waals surface area contributed by atoms with Gasteiger partial charge in [-0.05, 0) is 43.9 Å². The number of nitrogens with one attached hydrogen (secondary N) is 1. The summed E-state index contributed by atoms with van der Waals surface area (Å²) in [5, 5.41) is 12.1. The van der Waals surface area contributed by atoms with Crippen molar-refractivity contribution in [2.75, 3.05) is 11.9 Å². The van der Waals surface area contributed by atoms with Crippen molar-refractivity contribution >= 4 is 29.2 Å². The maximum atomic E-state index is 11.9. The molecule has 1 atom stereocenters. The molecule has 1 aromatic rings. The van der Waals surface area contributed by atoms with Gasteiger partial charge in [-0.2, -0.15) is 0 Å². The van der Waals surface area contributed by atoms with Crippen molar-refractivity contribution in [2.45, 2.75) is 38.2 Å². The van der Waals surface area contributed by atoms with Crippen LogP contribution in [0.1, 0.15) is 42.5 Å². The summed E-state index contributed by atoms with van der Waals surface area (Å²) in [5.74, 6) is -1.33. The van der Waals surface area contributed by atoms with Gasteiger partial charge in [0.2, 0.25) is 5.91 Å². The second kappa shape index (κ2) is 7.43. The molecule has 0 bridgehead atoms. The van der Waals surface area contributed by atoms with Gasteiger partial charge in [-0.15, -0.1) is 0 Å². The van der Waals surface area contributed by atoms with Gasteiger partial charge in [-0.3, -0.25) is 4.79 Å². The summed E-state index contributed by atoms with van der Waals surface area (Å²) in [7, 11) is 0. The van der Waals surface area contributed by atoms with Gasteiger partial charge in [0.25, 0.3) is 0 Å². The quantitative estimate of drug-likeness (QED) is 0.874. The summed E-state index contributed by atoms with van der Waals surface area (Å²) in [6.45, 7) is 0.754. The third-order valence-corrected chi connectivity index (χ3v) is 3.69. The first-order valence-corrected chi connectivity index (χ1v) is 7.38. The second-order valence-electron chi connectivity index (χ2n) is 5.07. The number of ether oxygens (including phenoxy) is 1. The average Bonchev–Trinajstić information content (AvgIpc) is 2.46. The van der Waals surface area contributed by atoms with E-state index in [9.17, 15) is 9.59 Å². The molecule has 0 radical (unpaired) electrons. The number of hydrogen-bond donors (Lipinski definition) is 2. The van der Waals surface area contributed by atoms with Crippen LogP contribution in [0.3, 0.4) is 0 Å². The van der Waals surface area contributed by atoms with E-state index in [1.165, 1.54) is 18.2 Å². The van der Waals surface area contributed by atoms with Crippen molar-refractivity contribution in [3.8, 4) is 0 Å². The molecule has 6 heteroatoms. The Hall–Kier alpha value is -1.59. The molecule has 1 fully saturated rings. The molecule has 2 rings (SSSR count). The Balaban J connectivity index is 1.92. The van der Waals surface area contributed by atoms with E-state index in [1.54, 1.807) is 0 Å². The third kappa shape index (κ3) is 4.72. The molecular formula is C15H18ClNO4. The van der Waals surface area contributed by atoms with E-state index < -0.39 is 5.97 Å². The predicted octanol–water partition coefficient (Wildman–Crippen LogP) is 3.33. The molecule has 2 N–H and O–H groups in total. The lowest BCUT2D eigenvalue weighted by atomic mass is 10.0. The minimum Gasteiger partial charge on any atom is -0.478 e. The molecule has 5 nitrogen and oxygen atoms in total. The highest BCUT2D eigenvalue weighted by molar-refractivity contribution is 6.31. The largest absolute Gasteiger partial charge is 0.478 e. The van der Waals surface area contributed by atoms with Crippen LogP contribution < -0.4 is 5.32 Å². The Labute approximate surface area is 128 Å². The fraction of sp³-hybridized carbons (Fsp3) is 0.467. The second-order valence-corrected chi connectivity index (χ2v) is 5.51. The van der Waals surface area contributed by atoms with Crippen molar-refractivity contribution in [1.29, 1.82) is 0 Å². The van der Waals surface area contributed by atoms with Gasteiger partial charge in [0.15, 0.2) is 0 Å². The third-order valence-electron chi connectivity index (χ3n) is 3.45. The predicted molar refractivity (Wildman–Crippen MR) is 79.9 cm³/mol. The topological polar surface area (TPSA) is 75.6 Å². The number of carbonyl (C=O) groups is 2. The van der Waals surface area contributed by atoms with E-state index in [2.05, 4.69) is 5.32 Å². The normalized spacial score (nSPS) is 18.2. The van der Waals surface area contributed by atoms with Gasteiger partial charge in [0, 0.05) is 18.1 Å². The number of rotatable bonds is 5. The first kappa shape index (κ1) is 15.8. The smallest absolute Gasteiger partial charge is 0.337 e. The SMILES string of the molecule is O=C(CCC1CCCCO1)Nc1cc(Cl)ccc1C(=O)O. The van der Waals surface area contributed by atoms with Crippen molar-refractivity contribution < 1.29 is 19.4 Å². The van der Waals surface area contributed by atoms with E-state index in [0.29, 0.717) is 17.9 Å². The van der Waals surface area contributed by atoms with Crippen molar-refractivity contribution in [3.63, 3.8) is 0 Å². The van der Waals surface area contributed by atoms with Gasteiger partial charge in [0.05, 0.1) is 17.4 Å². The number of aromatic carboxylic acids is 1. The summed E-state index contributed by atoms with van der Waals surface area (Å²) in [6, 6.07) is 4.31. The van der Waals surface area contributed by atoms with Crippen molar-refractivity contribution in [1.82, 2.24) is 0 Å². The first-order valence-electron chi connectivity index (χ1n) is 7.00. The highest BCUT2D eigenvalue weighted by Crippen LogP contribution is 2.22. The molecular weight excluding hydrogens is 294 g/mol. The molecule has 1 aliphatic rings. The van der Waals surface area contributed by atoms with E-state index in [1.807, 2.05) is 0 Å². The number of amides is 1. The Bertz CT molecular complexity index is 526. The first-order chi connectivity index (χ1) is 10.1. The number of benzene rings is 1. The van der Waals surface area contributed by atoms with Gasteiger partial charge >= 0.3 is 5.97 Å². The van der Waals surface area contributed by atoms with Gasteiger partial charge < -0.3 is 15.2 Å². The zero-order valence-electron chi connectivity index (χ0n) is 11.6. The number of halogens is 1. The Morgan fingerprint density at radius 2 is 2.19 bits per heavy atom.